The van der Waals surface area contributed by atoms with Crippen LogP contribution in [-0.2, 0) is 4.79 Å². The van der Waals surface area contributed by atoms with E-state index in [1.54, 1.807) is 7.05 Å². The lowest BCUT2D eigenvalue weighted by Crippen LogP contribution is -2.47. The predicted octanol–water partition coefficient (Wildman–Crippen LogP) is 1.68. The number of rotatable bonds is 4. The molecule has 3 heteroatoms. The van der Waals surface area contributed by atoms with E-state index in [2.05, 4.69) is 17.6 Å². The fourth-order valence-corrected chi connectivity index (χ4v) is 2.46. The fourth-order valence-electron chi connectivity index (χ4n) is 2.46. The molecule has 1 aliphatic rings. The zero-order valence-electron chi connectivity index (χ0n) is 10.2. The smallest absolute Gasteiger partial charge is 0.236 e. The number of hydrogen-bond acceptors (Lipinski definition) is 2. The first-order valence-corrected chi connectivity index (χ1v) is 6.12. The van der Waals surface area contributed by atoms with E-state index in [4.69, 9.17) is 0 Å². The molecule has 88 valence electrons. The Morgan fingerprint density at radius 2 is 1.80 bits per heavy atom. The second-order valence-corrected chi connectivity index (χ2v) is 4.69. The van der Waals surface area contributed by atoms with Gasteiger partial charge in [-0.1, -0.05) is 19.3 Å². The highest BCUT2D eigenvalue weighted by molar-refractivity contribution is 5.80. The monoisotopic (exact) mass is 212 g/mol. The fraction of sp³-hybridized carbons (Fsp3) is 0.917. The van der Waals surface area contributed by atoms with Crippen molar-refractivity contribution < 1.29 is 4.79 Å². The van der Waals surface area contributed by atoms with Crippen LogP contribution in [0.15, 0.2) is 0 Å². The molecule has 0 bridgehead atoms. The second kappa shape index (κ2) is 6.11. The number of carbonyl (C=O) groups excluding carboxylic acids is 1. The van der Waals surface area contributed by atoms with Gasteiger partial charge >= 0.3 is 0 Å². The van der Waals surface area contributed by atoms with Gasteiger partial charge in [0, 0.05) is 13.1 Å². The normalized spacial score (nSPS) is 22.1. The number of carbonyl (C=O) groups is 1. The highest BCUT2D eigenvalue weighted by atomic mass is 16.2. The summed E-state index contributed by atoms with van der Waals surface area (Å²) < 4.78 is 0. The van der Waals surface area contributed by atoms with E-state index in [0.717, 1.165) is 5.92 Å². The Morgan fingerprint density at radius 3 is 2.33 bits per heavy atom. The van der Waals surface area contributed by atoms with Crippen molar-refractivity contribution >= 4 is 5.91 Å². The third kappa shape index (κ3) is 3.82. The quantitative estimate of drug-likeness (QED) is 0.744. The van der Waals surface area contributed by atoms with Crippen LogP contribution in [0, 0.1) is 5.92 Å². The summed E-state index contributed by atoms with van der Waals surface area (Å²) in [6, 6.07) is 0.379. The lowest BCUT2D eigenvalue weighted by Gasteiger charge is -2.30. The van der Waals surface area contributed by atoms with Crippen molar-refractivity contribution in [2.45, 2.75) is 58.0 Å². The topological polar surface area (TPSA) is 41.1 Å². The molecule has 0 aliphatic heterocycles. The van der Waals surface area contributed by atoms with Crippen LogP contribution < -0.4 is 10.6 Å². The van der Waals surface area contributed by atoms with Crippen molar-refractivity contribution in [3.05, 3.63) is 0 Å². The highest BCUT2D eigenvalue weighted by Crippen LogP contribution is 2.26. The van der Waals surface area contributed by atoms with Crippen LogP contribution in [0.1, 0.15) is 46.0 Å². The van der Waals surface area contributed by atoms with E-state index in [-0.39, 0.29) is 11.9 Å². The van der Waals surface area contributed by atoms with Crippen LogP contribution in [0.2, 0.25) is 0 Å². The molecule has 0 aromatic heterocycles. The Morgan fingerprint density at radius 1 is 1.20 bits per heavy atom. The summed E-state index contributed by atoms with van der Waals surface area (Å²) in [5, 5.41) is 6.06. The summed E-state index contributed by atoms with van der Waals surface area (Å²) in [6.07, 6.45) is 6.72. The molecule has 0 aromatic rings. The number of hydrogen-bond donors (Lipinski definition) is 2. The van der Waals surface area contributed by atoms with Gasteiger partial charge in [0.15, 0.2) is 0 Å². The Hall–Kier alpha value is -0.570. The van der Waals surface area contributed by atoms with Gasteiger partial charge in [-0.05, 0) is 32.6 Å². The summed E-state index contributed by atoms with van der Waals surface area (Å²) in [5.74, 6) is 0.837. The number of likely N-dealkylation sites (N-methyl/N-ethyl adjacent to an activating group) is 1. The molecule has 2 N–H and O–H groups in total. The molecule has 0 aromatic carbocycles. The average Bonchev–Trinajstić information content (AvgIpc) is 2.29. The van der Waals surface area contributed by atoms with Gasteiger partial charge in [0.25, 0.3) is 0 Å². The number of amides is 1. The van der Waals surface area contributed by atoms with Crippen molar-refractivity contribution in [2.24, 2.45) is 5.92 Å². The maximum Gasteiger partial charge on any atom is 0.236 e. The molecule has 1 aliphatic carbocycles. The number of nitrogens with one attached hydrogen (secondary N) is 2. The minimum absolute atomic E-state index is 0.0769. The van der Waals surface area contributed by atoms with E-state index < -0.39 is 0 Å². The second-order valence-electron chi connectivity index (χ2n) is 4.69. The Balaban J connectivity index is 2.33. The summed E-state index contributed by atoms with van der Waals surface area (Å²) in [4.78, 5) is 11.4. The molecule has 1 fully saturated rings. The predicted molar refractivity (Wildman–Crippen MR) is 62.7 cm³/mol. The van der Waals surface area contributed by atoms with Gasteiger partial charge in [-0.25, -0.2) is 0 Å². The molecule has 2 unspecified atom stereocenters. The maximum atomic E-state index is 11.4. The molecule has 3 nitrogen and oxygen atoms in total. The van der Waals surface area contributed by atoms with Crippen molar-refractivity contribution in [3.63, 3.8) is 0 Å². The average molecular weight is 212 g/mol. The lowest BCUT2D eigenvalue weighted by molar-refractivity contribution is -0.122. The SMILES string of the molecule is CNC(=O)C(C)NC(C)C1CCCCC1. The first-order chi connectivity index (χ1) is 7.15. The van der Waals surface area contributed by atoms with Crippen LogP contribution in [0.25, 0.3) is 0 Å². The van der Waals surface area contributed by atoms with Crippen LogP contribution in [0.3, 0.4) is 0 Å². The Kier molecular flexibility index (Phi) is 5.09. The van der Waals surface area contributed by atoms with Gasteiger partial charge in [-0.2, -0.15) is 0 Å². The molecule has 1 rings (SSSR count). The third-order valence-electron chi connectivity index (χ3n) is 3.51. The van der Waals surface area contributed by atoms with Gasteiger partial charge in [0.1, 0.15) is 0 Å². The standard InChI is InChI=1S/C12H24N2O/c1-9(11-7-5-4-6-8-11)14-10(2)12(15)13-3/h9-11,14H,4-8H2,1-3H3,(H,13,15). The van der Waals surface area contributed by atoms with Crippen molar-refractivity contribution in [3.8, 4) is 0 Å². The van der Waals surface area contributed by atoms with Crippen LogP contribution in [0.4, 0.5) is 0 Å². The van der Waals surface area contributed by atoms with Gasteiger partial charge in [-0.3, -0.25) is 4.79 Å². The van der Waals surface area contributed by atoms with E-state index >= 15 is 0 Å². The van der Waals surface area contributed by atoms with Crippen molar-refractivity contribution in [1.82, 2.24) is 10.6 Å². The van der Waals surface area contributed by atoms with Gasteiger partial charge in [0.05, 0.1) is 6.04 Å². The lowest BCUT2D eigenvalue weighted by atomic mass is 9.84. The molecule has 15 heavy (non-hydrogen) atoms. The minimum atomic E-state index is -0.0769. The van der Waals surface area contributed by atoms with Crippen LogP contribution in [-0.4, -0.2) is 25.0 Å². The maximum absolute atomic E-state index is 11.4. The Labute approximate surface area is 93.0 Å². The van der Waals surface area contributed by atoms with Gasteiger partial charge < -0.3 is 10.6 Å². The minimum Gasteiger partial charge on any atom is -0.358 e. The molecule has 0 heterocycles. The van der Waals surface area contributed by atoms with Gasteiger partial charge in [0.2, 0.25) is 5.91 Å². The molecular formula is C12H24N2O. The summed E-state index contributed by atoms with van der Waals surface area (Å²) in [7, 11) is 1.69. The van der Waals surface area contributed by atoms with E-state index in [1.165, 1.54) is 32.1 Å². The van der Waals surface area contributed by atoms with E-state index in [0.29, 0.717) is 6.04 Å². The third-order valence-corrected chi connectivity index (χ3v) is 3.51. The summed E-state index contributed by atoms with van der Waals surface area (Å²) in [6.45, 7) is 4.13. The molecule has 0 saturated heterocycles. The molecule has 0 radical (unpaired) electrons. The van der Waals surface area contributed by atoms with E-state index in [1.807, 2.05) is 6.92 Å². The zero-order valence-corrected chi connectivity index (χ0v) is 10.2. The molecule has 1 amide bonds. The first kappa shape index (κ1) is 12.5. The summed E-state index contributed by atoms with van der Waals surface area (Å²) in [5.41, 5.74) is 0. The zero-order chi connectivity index (χ0) is 11.3. The molecule has 2 atom stereocenters. The van der Waals surface area contributed by atoms with Crippen LogP contribution in [0.5, 0.6) is 0 Å². The van der Waals surface area contributed by atoms with E-state index in [9.17, 15) is 4.79 Å². The molecule has 0 spiro atoms. The van der Waals surface area contributed by atoms with Crippen LogP contribution >= 0.6 is 0 Å². The highest BCUT2D eigenvalue weighted by Gasteiger charge is 2.22. The largest absolute Gasteiger partial charge is 0.358 e. The van der Waals surface area contributed by atoms with Gasteiger partial charge in [-0.15, -0.1) is 0 Å². The Bertz CT molecular complexity index is 200. The summed E-state index contributed by atoms with van der Waals surface area (Å²) >= 11 is 0. The molecule has 1 saturated carbocycles. The van der Waals surface area contributed by atoms with Crippen molar-refractivity contribution in [2.75, 3.05) is 7.05 Å². The first-order valence-electron chi connectivity index (χ1n) is 6.12. The molecular weight excluding hydrogens is 188 g/mol. The van der Waals surface area contributed by atoms with Crippen molar-refractivity contribution in [1.29, 1.82) is 0 Å².